The number of nitrogens with one attached hydrogen (secondary N) is 1. The third-order valence-electron chi connectivity index (χ3n) is 1.74. The highest BCUT2D eigenvalue weighted by Crippen LogP contribution is 2.20. The van der Waals surface area contributed by atoms with E-state index in [0.29, 0.717) is 6.07 Å². The Morgan fingerprint density at radius 2 is 2.18 bits per heavy atom. The van der Waals surface area contributed by atoms with E-state index in [4.69, 9.17) is 0 Å². The van der Waals surface area contributed by atoms with Crippen molar-refractivity contribution < 1.29 is 22.6 Å². The Balaban J connectivity index is 3.09. The van der Waals surface area contributed by atoms with Crippen molar-refractivity contribution in [1.82, 2.24) is 4.89 Å². The lowest BCUT2D eigenvalue weighted by atomic mass is 10.3. The number of hydrogen-bond donors (Lipinski definition) is 1. The number of benzene rings is 1. The predicted octanol–water partition coefficient (Wildman–Crippen LogP) is 0.964. The minimum absolute atomic E-state index is 0.0920. The summed E-state index contributed by atoms with van der Waals surface area (Å²) in [6.07, 6.45) is 0. The molecule has 1 aromatic carbocycles. The molecule has 0 unspecified atom stereocenters. The van der Waals surface area contributed by atoms with Crippen LogP contribution < -0.4 is 4.89 Å². The highest BCUT2D eigenvalue weighted by atomic mass is 32.2. The summed E-state index contributed by atoms with van der Waals surface area (Å²) in [7, 11) is -4.02. The number of rotatable bonds is 5. The molecule has 0 aliphatic heterocycles. The third-order valence-corrected chi connectivity index (χ3v) is 2.95. The van der Waals surface area contributed by atoms with E-state index >= 15 is 0 Å². The molecule has 0 fully saturated rings. The first-order chi connectivity index (χ1) is 7.88. The summed E-state index contributed by atoms with van der Waals surface area (Å²) in [5.41, 5.74) is -0.791. The molecule has 9 heteroatoms. The fourth-order valence-electron chi connectivity index (χ4n) is 0.987. The molecule has 94 valence electrons. The van der Waals surface area contributed by atoms with Crippen molar-refractivity contribution in [3.8, 4) is 0 Å². The van der Waals surface area contributed by atoms with Crippen molar-refractivity contribution in [2.24, 2.45) is 0 Å². The zero-order valence-corrected chi connectivity index (χ0v) is 9.53. The average molecular weight is 264 g/mol. The number of nitro groups is 1. The van der Waals surface area contributed by atoms with E-state index in [-0.39, 0.29) is 6.61 Å². The van der Waals surface area contributed by atoms with Crippen LogP contribution in [-0.2, 0) is 14.9 Å². The van der Waals surface area contributed by atoms with E-state index in [1.807, 2.05) is 0 Å². The molecule has 7 nitrogen and oxygen atoms in total. The lowest BCUT2D eigenvalue weighted by molar-refractivity contribution is -0.387. The molecule has 0 aromatic heterocycles. The Morgan fingerprint density at radius 1 is 1.53 bits per heavy atom. The molecule has 0 spiro atoms. The van der Waals surface area contributed by atoms with Gasteiger partial charge in [-0.25, -0.2) is 8.42 Å². The van der Waals surface area contributed by atoms with Gasteiger partial charge in [0, 0.05) is 12.1 Å². The highest BCUT2D eigenvalue weighted by Gasteiger charge is 2.20. The van der Waals surface area contributed by atoms with Gasteiger partial charge >= 0.3 is 5.69 Å². The van der Waals surface area contributed by atoms with Gasteiger partial charge in [0.05, 0.1) is 16.4 Å². The van der Waals surface area contributed by atoms with Crippen LogP contribution in [0.2, 0.25) is 0 Å². The Hall–Kier alpha value is -1.58. The first-order valence-corrected chi connectivity index (χ1v) is 5.94. The second-order valence-electron chi connectivity index (χ2n) is 2.89. The number of nitro benzene ring substituents is 1. The molecule has 1 rings (SSSR count). The van der Waals surface area contributed by atoms with Crippen molar-refractivity contribution >= 4 is 15.7 Å². The van der Waals surface area contributed by atoms with Crippen molar-refractivity contribution in [3.05, 3.63) is 34.1 Å². The molecule has 17 heavy (non-hydrogen) atoms. The molecule has 0 radical (unpaired) electrons. The summed E-state index contributed by atoms with van der Waals surface area (Å²) in [5.74, 6) is -1.23. The average Bonchev–Trinajstić information content (AvgIpc) is 2.25. The van der Waals surface area contributed by atoms with Crippen molar-refractivity contribution in [3.63, 3.8) is 0 Å². The van der Waals surface area contributed by atoms with Gasteiger partial charge < -0.3 is 0 Å². The lowest BCUT2D eigenvalue weighted by Crippen LogP contribution is -2.24. The summed E-state index contributed by atoms with van der Waals surface area (Å²) in [5, 5.41) is 10.3. The van der Waals surface area contributed by atoms with Crippen LogP contribution in [0.5, 0.6) is 0 Å². The quantitative estimate of drug-likeness (QED) is 0.631. The second-order valence-corrected chi connectivity index (χ2v) is 4.54. The Kier molecular flexibility index (Phi) is 4.10. The van der Waals surface area contributed by atoms with Crippen LogP contribution in [0, 0.1) is 15.9 Å². The minimum Gasteiger partial charge on any atom is -0.287 e. The van der Waals surface area contributed by atoms with E-state index in [1.165, 1.54) is 0 Å². The van der Waals surface area contributed by atoms with Crippen LogP contribution in [0.15, 0.2) is 23.1 Å². The summed E-state index contributed by atoms with van der Waals surface area (Å²) in [6.45, 7) is 1.65. The summed E-state index contributed by atoms with van der Waals surface area (Å²) in [4.78, 5) is 15.2. The van der Waals surface area contributed by atoms with E-state index in [2.05, 4.69) is 4.84 Å². The molecule has 0 bridgehead atoms. The first kappa shape index (κ1) is 13.5. The van der Waals surface area contributed by atoms with E-state index < -0.39 is 31.3 Å². The molecule has 0 amide bonds. The second kappa shape index (κ2) is 5.17. The SMILES string of the molecule is CCONS(=O)(=O)c1ccc([N+](=O)[O-])c(F)c1. The number of nitrogens with zero attached hydrogens (tertiary/aromatic N) is 1. The Morgan fingerprint density at radius 3 is 2.65 bits per heavy atom. The molecule has 0 heterocycles. The van der Waals surface area contributed by atoms with Crippen LogP contribution in [0.25, 0.3) is 0 Å². The zero-order valence-electron chi connectivity index (χ0n) is 8.71. The molecule has 0 saturated carbocycles. The minimum atomic E-state index is -4.02. The van der Waals surface area contributed by atoms with E-state index in [9.17, 15) is 22.9 Å². The summed E-state index contributed by atoms with van der Waals surface area (Å²) < 4.78 is 36.1. The van der Waals surface area contributed by atoms with Crippen molar-refractivity contribution in [1.29, 1.82) is 0 Å². The maximum absolute atomic E-state index is 13.2. The van der Waals surface area contributed by atoms with E-state index in [1.54, 1.807) is 11.8 Å². The number of halogens is 1. The standard InChI is InChI=1S/C8H9FN2O5S/c1-2-16-10-17(14,15)6-3-4-8(11(12)13)7(9)5-6/h3-5,10H,2H2,1H3. The normalized spacial score (nSPS) is 11.4. The summed E-state index contributed by atoms with van der Waals surface area (Å²) >= 11 is 0. The van der Waals surface area contributed by atoms with Crippen molar-refractivity contribution in [2.75, 3.05) is 6.61 Å². The van der Waals surface area contributed by atoms with E-state index in [0.717, 1.165) is 12.1 Å². The van der Waals surface area contributed by atoms with Gasteiger partial charge in [-0.2, -0.15) is 4.39 Å². The van der Waals surface area contributed by atoms with Crippen LogP contribution in [0.4, 0.5) is 10.1 Å². The fourth-order valence-corrected chi connectivity index (χ4v) is 1.86. The molecule has 0 aliphatic rings. The van der Waals surface area contributed by atoms with Gasteiger partial charge in [-0.1, -0.05) is 4.89 Å². The fraction of sp³-hybridized carbons (Fsp3) is 0.250. The largest absolute Gasteiger partial charge is 0.304 e. The van der Waals surface area contributed by atoms with Crippen LogP contribution >= 0.6 is 0 Å². The molecular formula is C8H9FN2O5S. The third kappa shape index (κ3) is 3.19. The van der Waals surface area contributed by atoms with Gasteiger partial charge in [0.15, 0.2) is 0 Å². The molecule has 0 atom stereocenters. The van der Waals surface area contributed by atoms with Gasteiger partial charge in [0.1, 0.15) is 0 Å². The number of sulfonamides is 1. The van der Waals surface area contributed by atoms with Gasteiger partial charge in [0.25, 0.3) is 10.0 Å². The number of hydrogen-bond acceptors (Lipinski definition) is 5. The smallest absolute Gasteiger partial charge is 0.287 e. The summed E-state index contributed by atoms with van der Waals surface area (Å²) in [6, 6.07) is 2.25. The highest BCUT2D eigenvalue weighted by molar-refractivity contribution is 7.89. The van der Waals surface area contributed by atoms with Gasteiger partial charge in [-0.3, -0.25) is 15.0 Å². The monoisotopic (exact) mass is 264 g/mol. The lowest BCUT2D eigenvalue weighted by Gasteiger charge is -2.05. The van der Waals surface area contributed by atoms with Crippen LogP contribution in [-0.4, -0.2) is 19.9 Å². The Labute approximate surface area is 96.4 Å². The van der Waals surface area contributed by atoms with Gasteiger partial charge in [-0.15, -0.1) is 0 Å². The molecule has 0 saturated heterocycles. The molecule has 1 N–H and O–H groups in total. The molecule has 0 aliphatic carbocycles. The zero-order chi connectivity index (χ0) is 13.1. The molecule has 1 aromatic rings. The first-order valence-electron chi connectivity index (χ1n) is 4.46. The molecular weight excluding hydrogens is 255 g/mol. The Bertz CT molecular complexity index is 531. The van der Waals surface area contributed by atoms with Crippen LogP contribution in [0.1, 0.15) is 6.92 Å². The maximum atomic E-state index is 13.2. The van der Waals surface area contributed by atoms with Gasteiger partial charge in [-0.05, 0) is 13.0 Å². The topological polar surface area (TPSA) is 98.5 Å². The van der Waals surface area contributed by atoms with Gasteiger partial charge in [0.2, 0.25) is 5.82 Å². The van der Waals surface area contributed by atoms with Crippen LogP contribution in [0.3, 0.4) is 0 Å². The van der Waals surface area contributed by atoms with Crippen molar-refractivity contribution in [2.45, 2.75) is 11.8 Å². The predicted molar refractivity (Wildman–Crippen MR) is 55.0 cm³/mol. The maximum Gasteiger partial charge on any atom is 0.304 e.